The first-order valence-corrected chi connectivity index (χ1v) is 5.36. The fraction of sp³-hybridized carbons (Fsp3) is 0.778. The zero-order chi connectivity index (χ0) is 11.6. The minimum Gasteiger partial charge on any atom is -0.392 e. The summed E-state index contributed by atoms with van der Waals surface area (Å²) in [7, 11) is 0. The van der Waals surface area contributed by atoms with Crippen LogP contribution in [-0.2, 0) is 0 Å². The Labute approximate surface area is 95.4 Å². The summed E-state index contributed by atoms with van der Waals surface area (Å²) in [6.45, 7) is 6.79. The molecule has 1 rings (SSSR count). The SMILES string of the molecule is CC(C)(C(N)=S)N1CCN(C(N)=O)CC1. The Kier molecular flexibility index (Phi) is 3.51. The predicted octanol–water partition coefficient (Wildman–Crippen LogP) is -0.253. The average Bonchev–Trinajstić information content (AvgIpc) is 2.17. The molecule has 6 heteroatoms. The van der Waals surface area contributed by atoms with Crippen LogP contribution in [-0.4, -0.2) is 52.5 Å². The Bertz CT molecular complexity index is 271. The summed E-state index contributed by atoms with van der Waals surface area (Å²) < 4.78 is 0. The zero-order valence-electron chi connectivity index (χ0n) is 9.19. The van der Waals surface area contributed by atoms with Crippen LogP contribution in [0.3, 0.4) is 0 Å². The van der Waals surface area contributed by atoms with Crippen LogP contribution in [0.2, 0.25) is 0 Å². The van der Waals surface area contributed by atoms with Gasteiger partial charge in [0, 0.05) is 26.2 Å². The van der Waals surface area contributed by atoms with Crippen molar-refractivity contribution in [2.24, 2.45) is 11.5 Å². The molecular weight excluding hydrogens is 212 g/mol. The number of hydrogen-bond donors (Lipinski definition) is 2. The maximum Gasteiger partial charge on any atom is 0.314 e. The molecule has 15 heavy (non-hydrogen) atoms. The molecule has 4 N–H and O–H groups in total. The summed E-state index contributed by atoms with van der Waals surface area (Å²) in [5.41, 5.74) is 10.6. The molecule has 0 saturated carbocycles. The molecule has 0 bridgehead atoms. The van der Waals surface area contributed by atoms with E-state index < -0.39 is 0 Å². The maximum absolute atomic E-state index is 10.9. The number of amides is 2. The molecule has 0 aromatic carbocycles. The van der Waals surface area contributed by atoms with Crippen LogP contribution in [0.1, 0.15) is 13.8 Å². The topological polar surface area (TPSA) is 75.6 Å². The summed E-state index contributed by atoms with van der Waals surface area (Å²) in [6.07, 6.45) is 0. The van der Waals surface area contributed by atoms with Crippen molar-refractivity contribution in [1.82, 2.24) is 9.80 Å². The molecule has 1 aliphatic rings. The standard InChI is InChI=1S/C9H18N4OS/c1-9(2,7(10)15)13-5-3-12(4-6-13)8(11)14/h3-6H2,1-2H3,(H2,10,15)(H2,11,14). The second kappa shape index (κ2) is 4.32. The van der Waals surface area contributed by atoms with E-state index >= 15 is 0 Å². The van der Waals surface area contributed by atoms with Crippen molar-refractivity contribution in [3.63, 3.8) is 0 Å². The number of thiocarbonyl (C=S) groups is 1. The zero-order valence-corrected chi connectivity index (χ0v) is 10.0. The van der Waals surface area contributed by atoms with Crippen molar-refractivity contribution >= 4 is 23.2 Å². The van der Waals surface area contributed by atoms with Crippen LogP contribution in [0.15, 0.2) is 0 Å². The fourth-order valence-electron chi connectivity index (χ4n) is 1.64. The molecule has 0 atom stereocenters. The fourth-order valence-corrected chi connectivity index (χ4v) is 1.77. The smallest absolute Gasteiger partial charge is 0.314 e. The molecule has 0 spiro atoms. The number of primary amides is 1. The van der Waals surface area contributed by atoms with Crippen molar-refractivity contribution in [2.75, 3.05) is 26.2 Å². The van der Waals surface area contributed by atoms with Crippen molar-refractivity contribution in [2.45, 2.75) is 19.4 Å². The lowest BCUT2D eigenvalue weighted by atomic mass is 10.0. The summed E-state index contributed by atoms with van der Waals surface area (Å²) >= 11 is 5.02. The van der Waals surface area contributed by atoms with Gasteiger partial charge in [0.2, 0.25) is 0 Å². The summed E-state index contributed by atoms with van der Waals surface area (Å²) in [6, 6.07) is -0.359. The molecule has 86 valence electrons. The number of carbonyl (C=O) groups is 1. The van der Waals surface area contributed by atoms with E-state index in [0.717, 1.165) is 13.1 Å². The monoisotopic (exact) mass is 230 g/mol. The van der Waals surface area contributed by atoms with Crippen LogP contribution in [0.5, 0.6) is 0 Å². The maximum atomic E-state index is 10.9. The highest BCUT2D eigenvalue weighted by Crippen LogP contribution is 2.17. The van der Waals surface area contributed by atoms with E-state index in [-0.39, 0.29) is 11.6 Å². The number of piperazine rings is 1. The van der Waals surface area contributed by atoms with E-state index in [1.54, 1.807) is 4.90 Å². The van der Waals surface area contributed by atoms with Gasteiger partial charge in [-0.1, -0.05) is 12.2 Å². The number of carbonyl (C=O) groups excluding carboxylic acids is 1. The first-order chi connectivity index (χ1) is 6.85. The Hall–Kier alpha value is -0.880. The highest BCUT2D eigenvalue weighted by Gasteiger charge is 2.32. The summed E-state index contributed by atoms with van der Waals surface area (Å²) in [5, 5.41) is 0. The molecule has 2 amide bonds. The van der Waals surface area contributed by atoms with Crippen molar-refractivity contribution in [3.8, 4) is 0 Å². The molecule has 1 saturated heterocycles. The molecule has 0 aromatic heterocycles. The van der Waals surface area contributed by atoms with Gasteiger partial charge in [-0.2, -0.15) is 0 Å². The van der Waals surface area contributed by atoms with Crippen molar-refractivity contribution in [3.05, 3.63) is 0 Å². The number of nitrogens with two attached hydrogens (primary N) is 2. The van der Waals surface area contributed by atoms with Gasteiger partial charge < -0.3 is 16.4 Å². The molecule has 0 aliphatic carbocycles. The van der Waals surface area contributed by atoms with E-state index in [1.165, 1.54) is 0 Å². The van der Waals surface area contributed by atoms with E-state index in [0.29, 0.717) is 18.1 Å². The van der Waals surface area contributed by atoms with Gasteiger partial charge in [0.05, 0.1) is 10.5 Å². The van der Waals surface area contributed by atoms with E-state index in [2.05, 4.69) is 4.90 Å². The second-order valence-corrected chi connectivity index (χ2v) is 4.68. The Morgan fingerprint density at radius 1 is 1.20 bits per heavy atom. The summed E-state index contributed by atoms with van der Waals surface area (Å²) in [5.74, 6) is 0. The highest BCUT2D eigenvalue weighted by molar-refractivity contribution is 7.80. The first-order valence-electron chi connectivity index (χ1n) is 4.95. The molecular formula is C9H18N4OS. The Morgan fingerprint density at radius 3 is 2.00 bits per heavy atom. The van der Waals surface area contributed by atoms with Crippen molar-refractivity contribution < 1.29 is 4.79 Å². The van der Waals surface area contributed by atoms with Gasteiger partial charge in [0.15, 0.2) is 0 Å². The Balaban J connectivity index is 2.57. The predicted molar refractivity (Wildman–Crippen MR) is 63.6 cm³/mol. The Morgan fingerprint density at radius 2 is 1.67 bits per heavy atom. The van der Waals surface area contributed by atoms with Crippen LogP contribution < -0.4 is 11.5 Å². The van der Waals surface area contributed by atoms with Crippen LogP contribution in [0.25, 0.3) is 0 Å². The van der Waals surface area contributed by atoms with E-state index in [1.807, 2.05) is 13.8 Å². The lowest BCUT2D eigenvalue weighted by Gasteiger charge is -2.43. The molecule has 1 fully saturated rings. The average molecular weight is 230 g/mol. The largest absolute Gasteiger partial charge is 0.392 e. The molecule has 0 unspecified atom stereocenters. The molecule has 1 aliphatic heterocycles. The quantitative estimate of drug-likeness (QED) is 0.641. The van der Waals surface area contributed by atoms with Crippen molar-refractivity contribution in [1.29, 1.82) is 0 Å². The minimum atomic E-state index is -0.359. The third kappa shape index (κ3) is 2.57. The van der Waals surface area contributed by atoms with Gasteiger partial charge in [-0.25, -0.2) is 4.79 Å². The number of urea groups is 1. The van der Waals surface area contributed by atoms with Crippen LogP contribution in [0.4, 0.5) is 4.79 Å². The number of nitrogens with zero attached hydrogens (tertiary/aromatic N) is 2. The van der Waals surface area contributed by atoms with Gasteiger partial charge in [0.25, 0.3) is 0 Å². The van der Waals surface area contributed by atoms with Gasteiger partial charge in [-0.05, 0) is 13.8 Å². The lowest BCUT2D eigenvalue weighted by molar-refractivity contribution is 0.101. The van der Waals surface area contributed by atoms with E-state index in [9.17, 15) is 4.79 Å². The lowest BCUT2D eigenvalue weighted by Crippen LogP contribution is -2.60. The van der Waals surface area contributed by atoms with Gasteiger partial charge in [-0.15, -0.1) is 0 Å². The van der Waals surface area contributed by atoms with Gasteiger partial charge in [0.1, 0.15) is 0 Å². The van der Waals surface area contributed by atoms with E-state index in [4.69, 9.17) is 23.7 Å². The molecule has 1 heterocycles. The second-order valence-electron chi connectivity index (χ2n) is 4.24. The highest BCUT2D eigenvalue weighted by atomic mass is 32.1. The molecule has 0 aromatic rings. The normalized spacial score (nSPS) is 18.9. The number of rotatable bonds is 2. The third-order valence-electron chi connectivity index (χ3n) is 2.98. The van der Waals surface area contributed by atoms with Crippen LogP contribution in [0, 0.1) is 0 Å². The number of hydrogen-bond acceptors (Lipinski definition) is 3. The third-order valence-corrected chi connectivity index (χ3v) is 3.48. The molecule has 5 nitrogen and oxygen atoms in total. The summed E-state index contributed by atoms with van der Waals surface area (Å²) in [4.78, 5) is 15.2. The van der Waals surface area contributed by atoms with Crippen LogP contribution >= 0.6 is 12.2 Å². The van der Waals surface area contributed by atoms with Gasteiger partial charge in [-0.3, -0.25) is 4.90 Å². The minimum absolute atomic E-state index is 0.293. The molecule has 0 radical (unpaired) electrons. The van der Waals surface area contributed by atoms with Gasteiger partial charge >= 0.3 is 6.03 Å². The first kappa shape index (κ1) is 12.2.